The fourth-order valence-electron chi connectivity index (χ4n) is 2.50. The lowest BCUT2D eigenvalue weighted by molar-refractivity contribution is 0.412. The molecule has 1 fully saturated rings. The molecule has 1 aromatic heterocycles. The molecule has 0 bridgehead atoms. The van der Waals surface area contributed by atoms with Gasteiger partial charge >= 0.3 is 0 Å². The van der Waals surface area contributed by atoms with Gasteiger partial charge in [-0.2, -0.15) is 4.98 Å². The Balaban J connectivity index is 1.92. The Morgan fingerprint density at radius 2 is 2.00 bits per heavy atom. The SMILES string of the molecule is Cc1cc(C)cc(-c2nc(C3CCCN3)no2)c1. The van der Waals surface area contributed by atoms with Crippen molar-refractivity contribution < 1.29 is 4.52 Å². The van der Waals surface area contributed by atoms with Crippen molar-refractivity contribution in [2.75, 3.05) is 6.54 Å². The summed E-state index contributed by atoms with van der Waals surface area (Å²) >= 11 is 0. The van der Waals surface area contributed by atoms with Crippen LogP contribution in [0, 0.1) is 13.8 Å². The minimum Gasteiger partial charge on any atom is -0.334 e. The quantitative estimate of drug-likeness (QED) is 0.881. The van der Waals surface area contributed by atoms with Crippen LogP contribution in [-0.4, -0.2) is 16.7 Å². The molecule has 0 amide bonds. The molecule has 4 nitrogen and oxygen atoms in total. The lowest BCUT2D eigenvalue weighted by atomic mass is 10.1. The van der Waals surface area contributed by atoms with Crippen LogP contribution in [0.5, 0.6) is 0 Å². The van der Waals surface area contributed by atoms with Crippen molar-refractivity contribution in [3.8, 4) is 11.5 Å². The van der Waals surface area contributed by atoms with Gasteiger partial charge in [0.1, 0.15) is 0 Å². The van der Waals surface area contributed by atoms with Gasteiger partial charge in [0.25, 0.3) is 5.89 Å². The average Bonchev–Trinajstić information content (AvgIpc) is 2.99. The predicted molar refractivity (Wildman–Crippen MR) is 69.2 cm³/mol. The molecule has 18 heavy (non-hydrogen) atoms. The molecule has 0 saturated carbocycles. The van der Waals surface area contributed by atoms with Crippen LogP contribution in [0.4, 0.5) is 0 Å². The average molecular weight is 243 g/mol. The van der Waals surface area contributed by atoms with Crippen molar-refractivity contribution in [1.29, 1.82) is 0 Å². The number of rotatable bonds is 2. The van der Waals surface area contributed by atoms with Crippen molar-refractivity contribution in [1.82, 2.24) is 15.5 Å². The van der Waals surface area contributed by atoms with E-state index in [1.807, 2.05) is 0 Å². The molecule has 94 valence electrons. The van der Waals surface area contributed by atoms with Crippen LogP contribution in [-0.2, 0) is 0 Å². The maximum absolute atomic E-state index is 5.37. The molecule has 1 N–H and O–H groups in total. The van der Waals surface area contributed by atoms with E-state index in [0.717, 1.165) is 24.4 Å². The summed E-state index contributed by atoms with van der Waals surface area (Å²) < 4.78 is 5.37. The van der Waals surface area contributed by atoms with Gasteiger partial charge in [-0.1, -0.05) is 22.3 Å². The highest BCUT2D eigenvalue weighted by Crippen LogP contribution is 2.25. The Morgan fingerprint density at radius 3 is 2.67 bits per heavy atom. The van der Waals surface area contributed by atoms with Gasteiger partial charge < -0.3 is 9.84 Å². The molecule has 2 heterocycles. The third-order valence-corrected chi connectivity index (χ3v) is 3.28. The van der Waals surface area contributed by atoms with E-state index in [4.69, 9.17) is 4.52 Å². The molecule has 0 spiro atoms. The smallest absolute Gasteiger partial charge is 0.257 e. The molecule has 1 saturated heterocycles. The highest BCUT2D eigenvalue weighted by molar-refractivity contribution is 5.55. The monoisotopic (exact) mass is 243 g/mol. The van der Waals surface area contributed by atoms with Crippen LogP contribution >= 0.6 is 0 Å². The van der Waals surface area contributed by atoms with Crippen LogP contribution in [0.25, 0.3) is 11.5 Å². The Hall–Kier alpha value is -1.68. The third kappa shape index (κ3) is 2.16. The number of nitrogens with zero attached hydrogens (tertiary/aromatic N) is 2. The Morgan fingerprint density at radius 1 is 1.22 bits per heavy atom. The minimum atomic E-state index is 0.258. The van der Waals surface area contributed by atoms with Crippen molar-refractivity contribution in [2.45, 2.75) is 32.7 Å². The first-order valence-electron chi connectivity index (χ1n) is 6.38. The molecule has 1 aromatic carbocycles. The van der Waals surface area contributed by atoms with Crippen molar-refractivity contribution in [3.63, 3.8) is 0 Å². The van der Waals surface area contributed by atoms with Crippen molar-refractivity contribution in [3.05, 3.63) is 35.2 Å². The third-order valence-electron chi connectivity index (χ3n) is 3.28. The standard InChI is InChI=1S/C14H17N3O/c1-9-6-10(2)8-11(7-9)14-16-13(17-18-14)12-4-3-5-15-12/h6-8,12,15H,3-5H2,1-2H3. The summed E-state index contributed by atoms with van der Waals surface area (Å²) in [5.41, 5.74) is 3.43. The van der Waals surface area contributed by atoms with Crippen LogP contribution in [0.15, 0.2) is 22.7 Å². The Kier molecular flexibility index (Phi) is 2.88. The van der Waals surface area contributed by atoms with E-state index in [0.29, 0.717) is 5.89 Å². The van der Waals surface area contributed by atoms with E-state index in [9.17, 15) is 0 Å². The summed E-state index contributed by atoms with van der Waals surface area (Å²) in [5, 5.41) is 7.46. The first kappa shape index (κ1) is 11.4. The second-order valence-electron chi connectivity index (χ2n) is 4.98. The Labute approximate surface area is 106 Å². The summed E-state index contributed by atoms with van der Waals surface area (Å²) in [7, 11) is 0. The van der Waals surface area contributed by atoms with Gasteiger partial charge in [0, 0.05) is 5.56 Å². The molecule has 1 aliphatic rings. The van der Waals surface area contributed by atoms with Crippen LogP contribution in [0.3, 0.4) is 0 Å². The molecule has 1 aliphatic heterocycles. The van der Waals surface area contributed by atoms with Crippen molar-refractivity contribution in [2.24, 2.45) is 0 Å². The summed E-state index contributed by atoms with van der Waals surface area (Å²) in [6.07, 6.45) is 2.27. The Bertz CT molecular complexity index is 536. The largest absolute Gasteiger partial charge is 0.334 e. The van der Waals surface area contributed by atoms with E-state index < -0.39 is 0 Å². The van der Waals surface area contributed by atoms with Gasteiger partial charge in [0.15, 0.2) is 5.82 Å². The molecule has 0 radical (unpaired) electrons. The number of hydrogen-bond donors (Lipinski definition) is 1. The number of aromatic nitrogens is 2. The minimum absolute atomic E-state index is 0.258. The second-order valence-corrected chi connectivity index (χ2v) is 4.98. The van der Waals surface area contributed by atoms with E-state index in [-0.39, 0.29) is 6.04 Å². The van der Waals surface area contributed by atoms with Crippen molar-refractivity contribution >= 4 is 0 Å². The topological polar surface area (TPSA) is 51.0 Å². The summed E-state index contributed by atoms with van der Waals surface area (Å²) in [6.45, 7) is 5.19. The first-order chi connectivity index (χ1) is 8.72. The van der Waals surface area contributed by atoms with Gasteiger partial charge in [-0.25, -0.2) is 0 Å². The molecular formula is C14H17N3O. The van der Waals surface area contributed by atoms with Gasteiger partial charge in [0.05, 0.1) is 6.04 Å². The van der Waals surface area contributed by atoms with Gasteiger partial charge in [0.2, 0.25) is 0 Å². The lowest BCUT2D eigenvalue weighted by Crippen LogP contribution is -2.14. The van der Waals surface area contributed by atoms with Crippen LogP contribution in [0.2, 0.25) is 0 Å². The predicted octanol–water partition coefficient (Wildman–Crippen LogP) is 2.78. The summed E-state index contributed by atoms with van der Waals surface area (Å²) in [5.74, 6) is 1.40. The summed E-state index contributed by atoms with van der Waals surface area (Å²) in [4.78, 5) is 4.50. The number of benzene rings is 1. The van der Waals surface area contributed by atoms with E-state index in [1.165, 1.54) is 17.5 Å². The zero-order chi connectivity index (χ0) is 12.5. The van der Waals surface area contributed by atoms with Crippen LogP contribution < -0.4 is 5.32 Å². The normalized spacial score (nSPS) is 19.3. The number of aryl methyl sites for hydroxylation is 2. The molecule has 2 aromatic rings. The number of hydrogen-bond acceptors (Lipinski definition) is 4. The van der Waals surface area contributed by atoms with Gasteiger partial charge in [-0.15, -0.1) is 0 Å². The zero-order valence-corrected chi connectivity index (χ0v) is 10.7. The van der Waals surface area contributed by atoms with E-state index in [1.54, 1.807) is 0 Å². The fraction of sp³-hybridized carbons (Fsp3) is 0.429. The van der Waals surface area contributed by atoms with E-state index in [2.05, 4.69) is 47.5 Å². The first-order valence-corrected chi connectivity index (χ1v) is 6.38. The molecule has 3 rings (SSSR count). The maximum Gasteiger partial charge on any atom is 0.257 e. The lowest BCUT2D eigenvalue weighted by Gasteiger charge is -2.02. The maximum atomic E-state index is 5.37. The van der Waals surface area contributed by atoms with E-state index >= 15 is 0 Å². The van der Waals surface area contributed by atoms with Gasteiger partial charge in [-0.3, -0.25) is 0 Å². The van der Waals surface area contributed by atoms with Gasteiger partial charge in [-0.05, 0) is 45.4 Å². The summed E-state index contributed by atoms with van der Waals surface area (Å²) in [6, 6.07) is 6.55. The molecule has 1 atom stereocenters. The second kappa shape index (κ2) is 4.53. The number of nitrogens with one attached hydrogen (secondary N) is 1. The molecule has 0 aliphatic carbocycles. The highest BCUT2D eigenvalue weighted by Gasteiger charge is 2.22. The molecular weight excluding hydrogens is 226 g/mol. The highest BCUT2D eigenvalue weighted by atomic mass is 16.5. The fourth-order valence-corrected chi connectivity index (χ4v) is 2.50. The molecule has 4 heteroatoms. The molecule has 1 unspecified atom stereocenters. The van der Waals surface area contributed by atoms with Crippen LogP contribution in [0.1, 0.15) is 35.8 Å². The zero-order valence-electron chi connectivity index (χ0n) is 10.7.